The fourth-order valence-corrected chi connectivity index (χ4v) is 4.21. The Morgan fingerprint density at radius 1 is 0.465 bits per heavy atom. The van der Waals surface area contributed by atoms with Crippen molar-refractivity contribution < 1.29 is 66.3 Å². The predicted molar refractivity (Wildman–Crippen MR) is 133 cm³/mol. The smallest absolute Gasteiger partial charge is 0.351 e. The van der Waals surface area contributed by atoms with Gasteiger partial charge in [0, 0.05) is 6.54 Å². The molecule has 0 atom stereocenters. The number of halogens is 15. The average Bonchev–Trinajstić information content (AvgIpc) is 2.88. The lowest BCUT2D eigenvalue weighted by atomic mass is 9.91. The van der Waals surface area contributed by atoms with E-state index in [0.717, 1.165) is 43.8 Å². The molecule has 0 unspecified atom stereocenters. The molecule has 1 amide bonds. The largest absolute Gasteiger partial charge is 0.393 e. The van der Waals surface area contributed by atoms with E-state index >= 15 is 0 Å². The van der Waals surface area contributed by atoms with Crippen LogP contribution in [-0.4, -0.2) is 53.4 Å². The Kier molecular flexibility index (Phi) is 16.4. The highest BCUT2D eigenvalue weighted by Gasteiger charge is 2.93. The molecule has 0 fully saturated rings. The Labute approximate surface area is 246 Å². The lowest BCUT2D eigenvalue weighted by Gasteiger charge is -2.41. The molecule has 0 spiro atoms. The van der Waals surface area contributed by atoms with Gasteiger partial charge >= 0.3 is 40.9 Å². The molecule has 0 aliphatic heterocycles. The molecule has 0 saturated carbocycles. The van der Waals surface area contributed by atoms with Gasteiger partial charge in [-0.2, -0.15) is 61.5 Å². The highest BCUT2D eigenvalue weighted by atomic mass is 35.5. The van der Waals surface area contributed by atoms with Gasteiger partial charge in [-0.25, -0.2) is 0 Å². The predicted octanol–water partition coefficient (Wildman–Crippen LogP) is 11.0. The first-order chi connectivity index (χ1) is 19.5. The number of alkyl halides is 15. The van der Waals surface area contributed by atoms with Crippen LogP contribution < -0.4 is 5.32 Å². The summed E-state index contributed by atoms with van der Waals surface area (Å²) in [6.45, 7) is 1.32. The highest BCUT2D eigenvalue weighted by molar-refractivity contribution is 6.22. The van der Waals surface area contributed by atoms with Gasteiger partial charge in [-0.05, 0) is 18.0 Å². The molecule has 0 aliphatic rings. The maximum absolute atomic E-state index is 13.9. The third-order valence-electron chi connectivity index (χ3n) is 6.93. The fraction of sp³-hybridized carbons (Fsp3) is 0.962. The molecule has 2 nitrogen and oxygen atoms in total. The highest BCUT2D eigenvalue weighted by Crippen LogP contribution is 2.62. The Hall–Kier alpha value is -1.22. The minimum absolute atomic E-state index is 0.146. The SMILES string of the molecule is CCCCCCCCCCCCCCCCCCNC(=O)C(F)(F)C(F)(F)C(F)(F)C(F)(F)C(F)(F)C(F)(F)C(F)(F)Cl. The van der Waals surface area contributed by atoms with Gasteiger partial charge in [0.2, 0.25) is 0 Å². The molecular weight excluding hydrogens is 644 g/mol. The van der Waals surface area contributed by atoms with Crippen LogP contribution in [0.25, 0.3) is 0 Å². The fourth-order valence-electron chi connectivity index (χ4n) is 4.10. The van der Waals surface area contributed by atoms with E-state index in [0.29, 0.717) is 12.8 Å². The molecule has 0 aromatic heterocycles. The van der Waals surface area contributed by atoms with Crippen LogP contribution in [0, 0.1) is 0 Å². The molecule has 0 bridgehead atoms. The van der Waals surface area contributed by atoms with E-state index in [1.54, 1.807) is 0 Å². The summed E-state index contributed by atoms with van der Waals surface area (Å²) in [5, 5.41) is -5.62. The second-order valence-corrected chi connectivity index (χ2v) is 11.0. The third kappa shape index (κ3) is 10.1. The maximum Gasteiger partial charge on any atom is 0.393 e. The molecule has 0 heterocycles. The summed E-state index contributed by atoms with van der Waals surface area (Å²) < 4.78 is 188. The van der Waals surface area contributed by atoms with Crippen LogP contribution in [0.1, 0.15) is 110 Å². The van der Waals surface area contributed by atoms with Crippen molar-refractivity contribution in [2.24, 2.45) is 0 Å². The molecule has 258 valence electrons. The van der Waals surface area contributed by atoms with E-state index < -0.39 is 53.4 Å². The van der Waals surface area contributed by atoms with Gasteiger partial charge in [0.05, 0.1) is 0 Å². The van der Waals surface area contributed by atoms with Crippen LogP contribution in [-0.2, 0) is 4.79 Å². The van der Waals surface area contributed by atoms with Gasteiger partial charge in [-0.3, -0.25) is 4.79 Å². The van der Waals surface area contributed by atoms with Gasteiger partial charge < -0.3 is 5.32 Å². The number of carbonyl (C=O) groups excluding carboxylic acids is 1. The van der Waals surface area contributed by atoms with E-state index in [9.17, 15) is 66.3 Å². The first-order valence-electron chi connectivity index (χ1n) is 14.1. The number of carbonyl (C=O) groups is 1. The summed E-state index contributed by atoms with van der Waals surface area (Å²) in [7, 11) is 0. The van der Waals surface area contributed by atoms with Gasteiger partial charge in [0.1, 0.15) is 0 Å². The second-order valence-electron chi connectivity index (χ2n) is 10.5. The van der Waals surface area contributed by atoms with Crippen molar-refractivity contribution in [1.82, 2.24) is 5.32 Å². The summed E-state index contributed by atoms with van der Waals surface area (Å²) in [6, 6.07) is 0. The molecule has 43 heavy (non-hydrogen) atoms. The van der Waals surface area contributed by atoms with Gasteiger partial charge in [-0.15, -0.1) is 0 Å². The van der Waals surface area contributed by atoms with Crippen molar-refractivity contribution in [2.75, 3.05) is 6.54 Å². The minimum Gasteiger partial charge on any atom is -0.351 e. The van der Waals surface area contributed by atoms with E-state index in [4.69, 9.17) is 0 Å². The zero-order valence-corrected chi connectivity index (χ0v) is 24.4. The summed E-state index contributed by atoms with van der Waals surface area (Å²) in [6.07, 6.45) is 14.8. The topological polar surface area (TPSA) is 29.1 Å². The molecule has 17 heteroatoms. The minimum atomic E-state index is -8.25. The Morgan fingerprint density at radius 2 is 0.744 bits per heavy atom. The quantitative estimate of drug-likeness (QED) is 0.0613. The molecule has 0 radical (unpaired) electrons. The number of hydrogen-bond acceptors (Lipinski definition) is 1. The van der Waals surface area contributed by atoms with Crippen LogP contribution in [0.2, 0.25) is 0 Å². The first-order valence-corrected chi connectivity index (χ1v) is 14.5. The first kappa shape index (κ1) is 41.8. The van der Waals surface area contributed by atoms with Crippen LogP contribution in [0.15, 0.2) is 0 Å². The summed E-state index contributed by atoms with van der Waals surface area (Å²) in [5.41, 5.74) is 0. The zero-order valence-electron chi connectivity index (χ0n) is 23.6. The zero-order chi connectivity index (χ0) is 33.8. The Bertz CT molecular complexity index is 818. The lowest BCUT2D eigenvalue weighted by molar-refractivity contribution is -0.431. The summed E-state index contributed by atoms with van der Waals surface area (Å²) in [4.78, 5) is 11.5. The van der Waals surface area contributed by atoms with Crippen molar-refractivity contribution in [3.8, 4) is 0 Å². The van der Waals surface area contributed by atoms with E-state index in [-0.39, 0.29) is 12.8 Å². The number of hydrogen-bond donors (Lipinski definition) is 1. The average molecular weight is 682 g/mol. The molecular formula is C26H38ClF14NO. The maximum atomic E-state index is 13.9. The standard InChI is InChI=1S/C26H38ClF14NO/c1-2-3-4-5-6-7-8-9-10-11-12-13-14-15-16-17-18-42-19(43)20(28,29)21(30,31)22(32,33)23(34,35)24(36,37)25(38,39)26(27,40)41/h2-18H2,1H3,(H,42,43). The van der Waals surface area contributed by atoms with Crippen molar-refractivity contribution in [3.05, 3.63) is 0 Å². The van der Waals surface area contributed by atoms with E-state index in [1.807, 2.05) is 0 Å². The van der Waals surface area contributed by atoms with Crippen LogP contribution in [0.5, 0.6) is 0 Å². The van der Waals surface area contributed by atoms with Gasteiger partial charge in [0.15, 0.2) is 0 Å². The number of nitrogens with one attached hydrogen (secondary N) is 1. The molecule has 0 rings (SSSR count). The van der Waals surface area contributed by atoms with Crippen LogP contribution >= 0.6 is 11.6 Å². The molecule has 0 aromatic rings. The number of rotatable bonds is 24. The van der Waals surface area contributed by atoms with E-state index in [2.05, 4.69) is 18.5 Å². The summed E-state index contributed by atoms with van der Waals surface area (Å²) in [5.74, 6) is -50.0. The molecule has 0 saturated heterocycles. The lowest BCUT2D eigenvalue weighted by Crippen LogP contribution is -2.73. The molecule has 0 aliphatic carbocycles. The van der Waals surface area contributed by atoms with Gasteiger partial charge in [0.25, 0.3) is 5.91 Å². The van der Waals surface area contributed by atoms with Crippen molar-refractivity contribution in [2.45, 2.75) is 151 Å². The number of amides is 1. The van der Waals surface area contributed by atoms with Crippen molar-refractivity contribution in [1.29, 1.82) is 0 Å². The molecule has 0 aromatic carbocycles. The van der Waals surface area contributed by atoms with E-state index in [1.165, 1.54) is 38.5 Å². The van der Waals surface area contributed by atoms with Crippen molar-refractivity contribution in [3.63, 3.8) is 0 Å². The third-order valence-corrected chi connectivity index (χ3v) is 7.17. The van der Waals surface area contributed by atoms with Crippen LogP contribution in [0.3, 0.4) is 0 Å². The normalized spacial score (nSPS) is 14.3. The van der Waals surface area contributed by atoms with Gasteiger partial charge in [-0.1, -0.05) is 103 Å². The monoisotopic (exact) mass is 681 g/mol. The second kappa shape index (κ2) is 16.9. The number of unbranched alkanes of at least 4 members (excludes halogenated alkanes) is 15. The van der Waals surface area contributed by atoms with Crippen molar-refractivity contribution >= 4 is 17.5 Å². The van der Waals surface area contributed by atoms with Crippen LogP contribution in [0.4, 0.5) is 61.5 Å². The Morgan fingerprint density at radius 3 is 1.07 bits per heavy atom. The Balaban J connectivity index is 4.67. The summed E-state index contributed by atoms with van der Waals surface area (Å²) >= 11 is 3.54. The molecule has 1 N–H and O–H groups in total.